The zero-order valence-electron chi connectivity index (χ0n) is 10.8. The van der Waals surface area contributed by atoms with Crippen LogP contribution >= 0.6 is 0 Å². The molecule has 0 spiro atoms. The molecule has 2 rings (SSSR count). The van der Waals surface area contributed by atoms with Crippen molar-refractivity contribution in [1.29, 1.82) is 0 Å². The highest BCUT2D eigenvalue weighted by molar-refractivity contribution is 5.54. The van der Waals surface area contributed by atoms with Gasteiger partial charge >= 0.3 is 0 Å². The molecule has 5 nitrogen and oxygen atoms in total. The molecule has 0 fully saturated rings. The number of hydrogen-bond donors (Lipinski definition) is 1. The van der Waals surface area contributed by atoms with Gasteiger partial charge in [0, 0.05) is 25.0 Å². The Kier molecular flexibility index (Phi) is 3.72. The van der Waals surface area contributed by atoms with E-state index in [1.54, 1.807) is 20.5 Å². The van der Waals surface area contributed by atoms with E-state index in [2.05, 4.69) is 10.3 Å². The van der Waals surface area contributed by atoms with Crippen molar-refractivity contribution in [2.75, 3.05) is 19.5 Å². The third kappa shape index (κ3) is 2.56. The van der Waals surface area contributed by atoms with E-state index < -0.39 is 0 Å². The maximum absolute atomic E-state index is 5.26. The molecule has 0 bridgehead atoms. The lowest BCUT2D eigenvalue weighted by atomic mass is 10.2. The summed E-state index contributed by atoms with van der Waals surface area (Å²) in [5.41, 5.74) is 2.10. The summed E-state index contributed by atoms with van der Waals surface area (Å²) in [7, 11) is 5.22. The Morgan fingerprint density at radius 1 is 1.22 bits per heavy atom. The number of nitrogens with one attached hydrogen (secondary N) is 1. The van der Waals surface area contributed by atoms with Crippen molar-refractivity contribution in [3.8, 4) is 11.5 Å². The number of ether oxygens (including phenoxy) is 2. The van der Waals surface area contributed by atoms with Crippen molar-refractivity contribution in [3.05, 3.63) is 36.4 Å². The van der Waals surface area contributed by atoms with Crippen LogP contribution in [0.2, 0.25) is 0 Å². The zero-order valence-corrected chi connectivity index (χ0v) is 10.8. The Labute approximate surface area is 106 Å². The second kappa shape index (κ2) is 5.44. The molecule has 0 saturated carbocycles. The van der Waals surface area contributed by atoms with E-state index in [1.165, 1.54) is 0 Å². The average Bonchev–Trinajstić information content (AvgIpc) is 2.81. The first kappa shape index (κ1) is 12.3. The molecule has 0 radical (unpaired) electrons. The SMILES string of the molecule is COc1ccc(NCc2cncn2C)cc1OC. The van der Waals surface area contributed by atoms with E-state index in [4.69, 9.17) is 9.47 Å². The number of anilines is 1. The quantitative estimate of drug-likeness (QED) is 0.878. The number of aryl methyl sites for hydroxylation is 1. The third-order valence-corrected chi connectivity index (χ3v) is 2.77. The molecule has 0 aliphatic heterocycles. The number of rotatable bonds is 5. The summed E-state index contributed by atoms with van der Waals surface area (Å²) in [5.74, 6) is 1.44. The first-order chi connectivity index (χ1) is 8.74. The van der Waals surface area contributed by atoms with Crippen LogP contribution in [0, 0.1) is 0 Å². The van der Waals surface area contributed by atoms with Gasteiger partial charge in [-0.2, -0.15) is 0 Å². The molecule has 0 unspecified atom stereocenters. The Morgan fingerprint density at radius 3 is 2.61 bits per heavy atom. The Bertz CT molecular complexity index is 523. The summed E-state index contributed by atoms with van der Waals surface area (Å²) < 4.78 is 12.4. The fourth-order valence-corrected chi connectivity index (χ4v) is 1.69. The van der Waals surface area contributed by atoms with E-state index in [-0.39, 0.29) is 0 Å². The van der Waals surface area contributed by atoms with Crippen LogP contribution in [0.3, 0.4) is 0 Å². The summed E-state index contributed by atoms with van der Waals surface area (Å²) in [5, 5.41) is 3.32. The molecular weight excluding hydrogens is 230 g/mol. The van der Waals surface area contributed by atoms with Crippen LogP contribution in [0.4, 0.5) is 5.69 Å². The van der Waals surface area contributed by atoms with Gasteiger partial charge in [-0.05, 0) is 12.1 Å². The van der Waals surface area contributed by atoms with Crippen molar-refractivity contribution in [3.63, 3.8) is 0 Å². The van der Waals surface area contributed by atoms with Gasteiger partial charge in [0.2, 0.25) is 0 Å². The lowest BCUT2D eigenvalue weighted by molar-refractivity contribution is 0.355. The van der Waals surface area contributed by atoms with Crippen molar-refractivity contribution in [2.24, 2.45) is 7.05 Å². The standard InChI is InChI=1S/C13H17N3O2/c1-16-9-14-7-11(16)8-15-10-4-5-12(17-2)13(6-10)18-3/h4-7,9,15H,8H2,1-3H3. The molecule has 2 aromatic rings. The second-order valence-corrected chi connectivity index (χ2v) is 3.92. The second-order valence-electron chi connectivity index (χ2n) is 3.92. The molecule has 1 aromatic carbocycles. The Hall–Kier alpha value is -2.17. The predicted molar refractivity (Wildman–Crippen MR) is 70.1 cm³/mol. The molecule has 96 valence electrons. The number of aromatic nitrogens is 2. The smallest absolute Gasteiger partial charge is 0.162 e. The molecule has 1 N–H and O–H groups in total. The van der Waals surface area contributed by atoms with Gasteiger partial charge in [0.25, 0.3) is 0 Å². The van der Waals surface area contributed by atoms with Gasteiger partial charge in [-0.15, -0.1) is 0 Å². The molecule has 0 amide bonds. The largest absolute Gasteiger partial charge is 0.493 e. The van der Waals surface area contributed by atoms with Gasteiger partial charge in [0.15, 0.2) is 11.5 Å². The lowest BCUT2D eigenvalue weighted by Gasteiger charge is -2.11. The van der Waals surface area contributed by atoms with Crippen LogP contribution in [0.1, 0.15) is 5.69 Å². The van der Waals surface area contributed by atoms with Crippen LogP contribution < -0.4 is 14.8 Å². The van der Waals surface area contributed by atoms with Crippen molar-refractivity contribution >= 4 is 5.69 Å². The van der Waals surface area contributed by atoms with E-state index in [0.29, 0.717) is 12.3 Å². The summed E-state index contributed by atoms with van der Waals surface area (Å²) >= 11 is 0. The van der Waals surface area contributed by atoms with Gasteiger partial charge in [0.1, 0.15) is 0 Å². The van der Waals surface area contributed by atoms with Crippen molar-refractivity contribution in [2.45, 2.75) is 6.54 Å². The number of benzene rings is 1. The maximum atomic E-state index is 5.26. The fourth-order valence-electron chi connectivity index (χ4n) is 1.69. The van der Waals surface area contributed by atoms with E-state index in [0.717, 1.165) is 17.1 Å². The number of nitrogens with zero attached hydrogens (tertiary/aromatic N) is 2. The van der Waals surface area contributed by atoms with Gasteiger partial charge in [-0.25, -0.2) is 4.98 Å². The van der Waals surface area contributed by atoms with Gasteiger partial charge in [-0.1, -0.05) is 0 Å². The Balaban J connectivity index is 2.08. The number of methoxy groups -OCH3 is 2. The molecule has 0 atom stereocenters. The Morgan fingerprint density at radius 2 is 2.00 bits per heavy atom. The molecule has 0 aliphatic rings. The molecule has 0 aliphatic carbocycles. The molecule has 5 heteroatoms. The predicted octanol–water partition coefficient (Wildman–Crippen LogP) is 2.05. The highest BCUT2D eigenvalue weighted by atomic mass is 16.5. The fraction of sp³-hybridized carbons (Fsp3) is 0.308. The van der Waals surface area contributed by atoms with Gasteiger partial charge in [0.05, 0.1) is 32.8 Å². The van der Waals surface area contributed by atoms with Crippen LogP contribution in [0.5, 0.6) is 11.5 Å². The van der Waals surface area contributed by atoms with Crippen molar-refractivity contribution in [1.82, 2.24) is 9.55 Å². The minimum Gasteiger partial charge on any atom is -0.493 e. The summed E-state index contributed by atoms with van der Waals surface area (Å²) in [6, 6.07) is 5.75. The van der Waals surface area contributed by atoms with Gasteiger partial charge < -0.3 is 19.4 Å². The summed E-state index contributed by atoms with van der Waals surface area (Å²) in [6.07, 6.45) is 3.62. The van der Waals surface area contributed by atoms with Crippen LogP contribution in [0.25, 0.3) is 0 Å². The minimum absolute atomic E-state index is 0.714. The third-order valence-electron chi connectivity index (χ3n) is 2.77. The van der Waals surface area contributed by atoms with E-state index in [9.17, 15) is 0 Å². The maximum Gasteiger partial charge on any atom is 0.162 e. The first-order valence-electron chi connectivity index (χ1n) is 5.65. The zero-order chi connectivity index (χ0) is 13.0. The van der Waals surface area contributed by atoms with Crippen LogP contribution in [0.15, 0.2) is 30.7 Å². The van der Waals surface area contributed by atoms with Gasteiger partial charge in [-0.3, -0.25) is 0 Å². The molecule has 18 heavy (non-hydrogen) atoms. The van der Waals surface area contributed by atoms with Crippen molar-refractivity contribution < 1.29 is 9.47 Å². The lowest BCUT2D eigenvalue weighted by Crippen LogP contribution is -2.04. The minimum atomic E-state index is 0.714. The topological polar surface area (TPSA) is 48.3 Å². The van der Waals surface area contributed by atoms with E-state index in [1.807, 2.05) is 36.0 Å². The molecule has 0 saturated heterocycles. The summed E-state index contributed by atoms with van der Waals surface area (Å²) in [6.45, 7) is 0.714. The normalized spacial score (nSPS) is 10.2. The molecule has 1 heterocycles. The van der Waals surface area contributed by atoms with E-state index >= 15 is 0 Å². The number of hydrogen-bond acceptors (Lipinski definition) is 4. The molecular formula is C13H17N3O2. The van der Waals surface area contributed by atoms with Crippen LogP contribution in [-0.2, 0) is 13.6 Å². The summed E-state index contributed by atoms with van der Waals surface area (Å²) in [4.78, 5) is 4.07. The first-order valence-corrected chi connectivity index (χ1v) is 5.65. The highest BCUT2D eigenvalue weighted by Gasteiger charge is 2.04. The average molecular weight is 247 g/mol. The number of imidazole rings is 1. The monoisotopic (exact) mass is 247 g/mol. The molecule has 1 aromatic heterocycles. The highest BCUT2D eigenvalue weighted by Crippen LogP contribution is 2.29. The van der Waals surface area contributed by atoms with Crippen LogP contribution in [-0.4, -0.2) is 23.8 Å².